The fraction of sp³-hybridized carbons (Fsp3) is 0.769. The van der Waals surface area contributed by atoms with Crippen LogP contribution in [0.15, 0.2) is 12.4 Å². The third-order valence-corrected chi connectivity index (χ3v) is 7.24. The molecule has 0 radical (unpaired) electrons. The summed E-state index contributed by atoms with van der Waals surface area (Å²) in [4.78, 5) is 38.4. The molecule has 2 saturated heterocycles. The summed E-state index contributed by atoms with van der Waals surface area (Å²) >= 11 is 0. The van der Waals surface area contributed by atoms with Gasteiger partial charge in [0.1, 0.15) is 11.6 Å². The summed E-state index contributed by atoms with van der Waals surface area (Å²) < 4.78 is 17.5. The van der Waals surface area contributed by atoms with E-state index in [-0.39, 0.29) is 18.0 Å². The van der Waals surface area contributed by atoms with Crippen LogP contribution in [0, 0.1) is 0 Å². The Bertz CT molecular complexity index is 939. The van der Waals surface area contributed by atoms with Crippen LogP contribution in [-0.4, -0.2) is 82.0 Å². The number of hydrogen-bond donors (Lipinski definition) is 1. The average molecular weight is 517 g/mol. The molecule has 0 saturated carbocycles. The van der Waals surface area contributed by atoms with Crippen LogP contribution in [0.25, 0.3) is 0 Å². The molecule has 0 aliphatic carbocycles. The van der Waals surface area contributed by atoms with E-state index in [1.165, 1.54) is 0 Å². The number of nitrogens with zero attached hydrogens (tertiary/aromatic N) is 4. The standard InChI is InChI=1S/C26H44BN5O5/c1-17(2)32(22-28-15-19(16-29-22)27-36-25(7,8)26(9,10)37-27)20-11-13-31(14-12-20)21(33)18(3)30-23(34)35-24(4,5)6/h15-18,20H,11-14H2,1-10H3,(H,30,34)/t18-/m0/s1. The third-order valence-electron chi connectivity index (χ3n) is 7.24. The molecular formula is C26H44BN5O5. The van der Waals surface area contributed by atoms with Crippen molar-refractivity contribution in [2.75, 3.05) is 18.0 Å². The molecule has 3 heterocycles. The maximum atomic E-state index is 12.9. The quantitative estimate of drug-likeness (QED) is 0.575. The number of nitrogens with one attached hydrogen (secondary N) is 1. The van der Waals surface area contributed by atoms with E-state index in [0.717, 1.165) is 18.3 Å². The predicted octanol–water partition coefficient (Wildman–Crippen LogP) is 2.89. The van der Waals surface area contributed by atoms with Gasteiger partial charge in [0.05, 0.1) is 11.2 Å². The maximum Gasteiger partial charge on any atom is 0.498 e. The minimum Gasteiger partial charge on any atom is -0.444 e. The van der Waals surface area contributed by atoms with E-state index >= 15 is 0 Å². The van der Waals surface area contributed by atoms with Crippen molar-refractivity contribution in [1.29, 1.82) is 0 Å². The van der Waals surface area contributed by atoms with Crippen molar-refractivity contribution in [3.8, 4) is 0 Å². The molecule has 0 spiro atoms. The Morgan fingerprint density at radius 3 is 2.05 bits per heavy atom. The molecule has 2 fully saturated rings. The van der Waals surface area contributed by atoms with Gasteiger partial charge in [-0.05, 0) is 82.1 Å². The van der Waals surface area contributed by atoms with Crippen LogP contribution in [0.1, 0.15) is 82.1 Å². The van der Waals surface area contributed by atoms with Crippen LogP contribution in [0.5, 0.6) is 0 Å². The molecule has 0 bridgehead atoms. The van der Waals surface area contributed by atoms with Crippen molar-refractivity contribution >= 4 is 30.5 Å². The van der Waals surface area contributed by atoms with Crippen LogP contribution in [0.2, 0.25) is 0 Å². The maximum absolute atomic E-state index is 12.9. The lowest BCUT2D eigenvalue weighted by Gasteiger charge is -2.41. The zero-order valence-corrected chi connectivity index (χ0v) is 24.1. The van der Waals surface area contributed by atoms with Gasteiger partial charge in [0.25, 0.3) is 0 Å². The number of aromatic nitrogens is 2. The highest BCUT2D eigenvalue weighted by molar-refractivity contribution is 6.61. The predicted molar refractivity (Wildman–Crippen MR) is 144 cm³/mol. The molecule has 37 heavy (non-hydrogen) atoms. The molecule has 1 aromatic rings. The third kappa shape index (κ3) is 6.93. The summed E-state index contributed by atoms with van der Waals surface area (Å²) in [7, 11) is -0.503. The molecule has 1 N–H and O–H groups in total. The highest BCUT2D eigenvalue weighted by Gasteiger charge is 2.52. The second-order valence-electron chi connectivity index (χ2n) is 12.3. The number of hydrogen-bond acceptors (Lipinski definition) is 8. The number of amides is 2. The number of rotatable bonds is 6. The monoisotopic (exact) mass is 517 g/mol. The lowest BCUT2D eigenvalue weighted by Crippen LogP contribution is -2.54. The van der Waals surface area contributed by atoms with Gasteiger partial charge in [0.15, 0.2) is 0 Å². The summed E-state index contributed by atoms with van der Waals surface area (Å²) in [5, 5.41) is 2.65. The van der Waals surface area contributed by atoms with E-state index in [1.807, 2.05) is 27.7 Å². The van der Waals surface area contributed by atoms with E-state index in [0.29, 0.717) is 19.0 Å². The van der Waals surface area contributed by atoms with E-state index in [1.54, 1.807) is 45.0 Å². The molecule has 0 aromatic carbocycles. The lowest BCUT2D eigenvalue weighted by atomic mass is 9.81. The highest BCUT2D eigenvalue weighted by atomic mass is 16.7. The number of likely N-dealkylation sites (tertiary alicyclic amines) is 1. The second kappa shape index (κ2) is 10.8. The second-order valence-corrected chi connectivity index (χ2v) is 12.3. The van der Waals surface area contributed by atoms with Crippen molar-refractivity contribution in [3.63, 3.8) is 0 Å². The molecule has 0 unspecified atom stereocenters. The number of carbonyl (C=O) groups is 2. The number of ether oxygens (including phenoxy) is 1. The Labute approximate surface area is 222 Å². The minimum atomic E-state index is -0.654. The van der Waals surface area contributed by atoms with E-state index < -0.39 is 36.1 Å². The van der Waals surface area contributed by atoms with Gasteiger partial charge in [-0.25, -0.2) is 14.8 Å². The first-order valence-corrected chi connectivity index (χ1v) is 13.2. The molecule has 1 atom stereocenters. The van der Waals surface area contributed by atoms with Gasteiger partial charge in [-0.15, -0.1) is 0 Å². The number of alkyl carbamates (subject to hydrolysis) is 1. The molecule has 1 aromatic heterocycles. The SMILES string of the molecule is CC(C)N(c1ncc(B2OC(C)(C)C(C)(C)O2)cn1)C1CCN(C(=O)[C@H](C)NC(=O)OC(C)(C)C)CC1. The van der Waals surface area contributed by atoms with Gasteiger partial charge >= 0.3 is 13.2 Å². The van der Waals surface area contributed by atoms with Crippen LogP contribution >= 0.6 is 0 Å². The fourth-order valence-corrected chi connectivity index (χ4v) is 4.57. The largest absolute Gasteiger partial charge is 0.498 e. The fourth-order valence-electron chi connectivity index (χ4n) is 4.57. The van der Waals surface area contributed by atoms with Gasteiger partial charge in [-0.1, -0.05) is 0 Å². The van der Waals surface area contributed by atoms with Crippen molar-refractivity contribution in [3.05, 3.63) is 12.4 Å². The molecule has 2 aliphatic rings. The van der Waals surface area contributed by atoms with Crippen molar-refractivity contribution in [2.45, 2.75) is 117 Å². The molecule has 206 valence electrons. The topological polar surface area (TPSA) is 106 Å². The summed E-state index contributed by atoms with van der Waals surface area (Å²) in [6.07, 6.45) is 4.54. The molecule has 11 heteroatoms. The molecule has 10 nitrogen and oxygen atoms in total. The van der Waals surface area contributed by atoms with E-state index in [9.17, 15) is 9.59 Å². The Morgan fingerprint density at radius 1 is 1.08 bits per heavy atom. The smallest absolute Gasteiger partial charge is 0.444 e. The van der Waals surface area contributed by atoms with Crippen LogP contribution < -0.4 is 15.7 Å². The summed E-state index contributed by atoms with van der Waals surface area (Å²) in [6, 6.07) is -0.276. The Kier molecular flexibility index (Phi) is 8.49. The summed E-state index contributed by atoms with van der Waals surface area (Å²) in [5.41, 5.74) is -0.675. The molecule has 2 aliphatic heterocycles. The number of anilines is 1. The van der Waals surface area contributed by atoms with Crippen LogP contribution in [-0.2, 0) is 18.8 Å². The van der Waals surface area contributed by atoms with Crippen molar-refractivity contribution in [2.24, 2.45) is 0 Å². The molecular weight excluding hydrogens is 473 g/mol. The van der Waals surface area contributed by atoms with Gasteiger partial charge in [0, 0.05) is 43.0 Å². The summed E-state index contributed by atoms with van der Waals surface area (Å²) in [6.45, 7) is 20.6. The Hall–Kier alpha value is -2.40. The number of piperidine rings is 1. The molecule has 2 amide bonds. The van der Waals surface area contributed by atoms with E-state index in [4.69, 9.17) is 14.0 Å². The normalized spacial score (nSPS) is 20.6. The zero-order valence-electron chi connectivity index (χ0n) is 24.1. The average Bonchev–Trinajstić information content (AvgIpc) is 2.99. The minimum absolute atomic E-state index is 0.108. The van der Waals surface area contributed by atoms with E-state index in [2.05, 4.69) is 34.0 Å². The lowest BCUT2D eigenvalue weighted by molar-refractivity contribution is -0.134. The van der Waals surface area contributed by atoms with Crippen molar-refractivity contribution in [1.82, 2.24) is 20.2 Å². The van der Waals surface area contributed by atoms with Gasteiger partial charge in [0.2, 0.25) is 11.9 Å². The Morgan fingerprint density at radius 2 is 1.59 bits per heavy atom. The molecule has 3 rings (SSSR count). The Balaban J connectivity index is 1.60. The first kappa shape index (κ1) is 29.2. The van der Waals surface area contributed by atoms with Gasteiger partial charge in [-0.2, -0.15) is 0 Å². The van der Waals surface area contributed by atoms with Crippen LogP contribution in [0.3, 0.4) is 0 Å². The summed E-state index contributed by atoms with van der Waals surface area (Å²) in [5.74, 6) is 0.545. The highest BCUT2D eigenvalue weighted by Crippen LogP contribution is 2.36. The van der Waals surface area contributed by atoms with Crippen molar-refractivity contribution < 1.29 is 23.6 Å². The van der Waals surface area contributed by atoms with Crippen LogP contribution in [0.4, 0.5) is 10.7 Å². The first-order valence-electron chi connectivity index (χ1n) is 13.2. The zero-order chi connectivity index (χ0) is 27.8. The van der Waals surface area contributed by atoms with Gasteiger partial charge in [-0.3, -0.25) is 4.79 Å². The number of carbonyl (C=O) groups excluding carboxylic acids is 2. The van der Waals surface area contributed by atoms with Gasteiger partial charge < -0.3 is 29.2 Å². The first-order chi connectivity index (χ1) is 17.0.